The molecular weight excluding hydrogens is 234 g/mol. The fraction of sp³-hybridized carbons (Fsp3) is 0.833. The molecule has 0 aromatic carbocycles. The molecule has 1 aliphatic carbocycles. The van der Waals surface area contributed by atoms with Gasteiger partial charge in [-0.15, -0.1) is 0 Å². The van der Waals surface area contributed by atoms with Gasteiger partial charge in [0.05, 0.1) is 12.1 Å². The Morgan fingerprint density at radius 3 is 3.00 bits per heavy atom. The van der Waals surface area contributed by atoms with E-state index in [4.69, 9.17) is 0 Å². The van der Waals surface area contributed by atoms with Gasteiger partial charge in [0.25, 0.3) is 0 Å². The van der Waals surface area contributed by atoms with Gasteiger partial charge in [-0.05, 0) is 19.3 Å². The topological polar surface area (TPSA) is 58.0 Å². The smallest absolute Gasteiger partial charge is 0.202 e. The lowest BCUT2D eigenvalue weighted by Gasteiger charge is -2.20. The first-order valence-electron chi connectivity index (χ1n) is 6.56. The zero-order chi connectivity index (χ0) is 12.1. The monoisotopic (exact) mass is 255 g/mol. The fourth-order valence-electron chi connectivity index (χ4n) is 2.25. The van der Waals surface area contributed by atoms with Crippen LogP contribution in [0.4, 0.5) is 5.13 Å². The molecule has 2 unspecified atom stereocenters. The Bertz CT molecular complexity index is 342. The largest absolute Gasteiger partial charge is 0.391 e. The lowest BCUT2D eigenvalue weighted by molar-refractivity contribution is 0.144. The van der Waals surface area contributed by atoms with E-state index < -0.39 is 0 Å². The third kappa shape index (κ3) is 3.64. The molecule has 2 N–H and O–H groups in total. The Kier molecular flexibility index (Phi) is 4.74. The van der Waals surface area contributed by atoms with Crippen LogP contribution >= 0.6 is 11.5 Å². The molecule has 5 heteroatoms. The first-order valence-corrected chi connectivity index (χ1v) is 7.34. The second-order valence-electron chi connectivity index (χ2n) is 4.72. The van der Waals surface area contributed by atoms with Crippen LogP contribution in [-0.2, 0) is 6.42 Å². The molecule has 1 heterocycles. The minimum absolute atomic E-state index is 0.153. The van der Waals surface area contributed by atoms with E-state index in [0.29, 0.717) is 0 Å². The molecule has 1 saturated carbocycles. The maximum absolute atomic E-state index is 10.0. The highest BCUT2D eigenvalue weighted by atomic mass is 32.1. The van der Waals surface area contributed by atoms with E-state index in [1.165, 1.54) is 24.4 Å². The SMILES string of the molecule is CCCc1nsc(NC2CCCCCC2O)n1. The molecule has 17 heavy (non-hydrogen) atoms. The van der Waals surface area contributed by atoms with Crippen molar-refractivity contribution in [1.82, 2.24) is 9.36 Å². The maximum atomic E-state index is 10.0. The van der Waals surface area contributed by atoms with Crippen LogP contribution in [0.1, 0.15) is 51.3 Å². The number of nitrogens with zero attached hydrogens (tertiary/aromatic N) is 2. The second kappa shape index (κ2) is 6.31. The van der Waals surface area contributed by atoms with Crippen LogP contribution in [-0.4, -0.2) is 26.6 Å². The number of anilines is 1. The summed E-state index contributed by atoms with van der Waals surface area (Å²) in [5.41, 5.74) is 0. The number of aryl methyl sites for hydroxylation is 1. The first-order chi connectivity index (χ1) is 8.29. The van der Waals surface area contributed by atoms with Crippen molar-refractivity contribution < 1.29 is 5.11 Å². The number of aliphatic hydroxyl groups is 1. The molecule has 4 nitrogen and oxygen atoms in total. The molecule has 0 spiro atoms. The lowest BCUT2D eigenvalue weighted by atomic mass is 10.1. The molecule has 2 rings (SSSR count). The number of hydrogen-bond donors (Lipinski definition) is 2. The normalized spacial score (nSPS) is 25.5. The molecule has 0 radical (unpaired) electrons. The summed E-state index contributed by atoms with van der Waals surface area (Å²) in [4.78, 5) is 4.44. The van der Waals surface area contributed by atoms with E-state index in [1.807, 2.05) is 0 Å². The molecule has 1 aromatic rings. The standard InChI is InChI=1S/C12H21N3OS/c1-2-6-11-14-12(17-15-11)13-9-7-4-3-5-8-10(9)16/h9-10,16H,2-8H2,1H3,(H,13,14,15). The van der Waals surface area contributed by atoms with Crippen molar-refractivity contribution in [2.75, 3.05) is 5.32 Å². The van der Waals surface area contributed by atoms with E-state index in [0.717, 1.165) is 43.1 Å². The van der Waals surface area contributed by atoms with Gasteiger partial charge in [0.15, 0.2) is 0 Å². The summed E-state index contributed by atoms with van der Waals surface area (Å²) in [7, 11) is 0. The van der Waals surface area contributed by atoms with Crippen molar-refractivity contribution in [2.24, 2.45) is 0 Å². The molecule has 0 saturated heterocycles. The van der Waals surface area contributed by atoms with Gasteiger partial charge in [0.2, 0.25) is 5.13 Å². The minimum Gasteiger partial charge on any atom is -0.391 e. The number of rotatable bonds is 4. The highest BCUT2D eigenvalue weighted by Crippen LogP contribution is 2.22. The summed E-state index contributed by atoms with van der Waals surface area (Å²) in [5, 5.41) is 14.2. The molecule has 0 aliphatic heterocycles. The van der Waals surface area contributed by atoms with Gasteiger partial charge in [-0.2, -0.15) is 4.37 Å². The third-order valence-corrected chi connectivity index (χ3v) is 3.91. The van der Waals surface area contributed by atoms with Crippen LogP contribution in [0.3, 0.4) is 0 Å². The summed E-state index contributed by atoms with van der Waals surface area (Å²) >= 11 is 1.41. The minimum atomic E-state index is -0.240. The Morgan fingerprint density at radius 2 is 2.18 bits per heavy atom. The predicted molar refractivity (Wildman–Crippen MR) is 70.4 cm³/mol. The average Bonchev–Trinajstić information content (AvgIpc) is 2.65. The first kappa shape index (κ1) is 12.8. The van der Waals surface area contributed by atoms with Gasteiger partial charge < -0.3 is 10.4 Å². The number of aromatic nitrogens is 2. The van der Waals surface area contributed by atoms with Crippen molar-refractivity contribution in [3.63, 3.8) is 0 Å². The molecular formula is C12H21N3OS. The fourth-order valence-corrected chi connectivity index (χ4v) is 2.93. The van der Waals surface area contributed by atoms with Crippen LogP contribution in [0.25, 0.3) is 0 Å². The van der Waals surface area contributed by atoms with E-state index in [1.54, 1.807) is 0 Å². The molecule has 1 fully saturated rings. The van der Waals surface area contributed by atoms with Gasteiger partial charge in [-0.3, -0.25) is 0 Å². The highest BCUT2D eigenvalue weighted by Gasteiger charge is 2.22. The van der Waals surface area contributed by atoms with Crippen molar-refractivity contribution in [3.8, 4) is 0 Å². The van der Waals surface area contributed by atoms with Gasteiger partial charge in [0.1, 0.15) is 5.82 Å². The summed E-state index contributed by atoms with van der Waals surface area (Å²) in [6.45, 7) is 2.13. The summed E-state index contributed by atoms with van der Waals surface area (Å²) < 4.78 is 4.31. The summed E-state index contributed by atoms with van der Waals surface area (Å²) in [5.74, 6) is 0.920. The highest BCUT2D eigenvalue weighted by molar-refractivity contribution is 7.09. The molecule has 0 bridgehead atoms. The predicted octanol–water partition coefficient (Wildman–Crippen LogP) is 2.60. The maximum Gasteiger partial charge on any atom is 0.202 e. The molecule has 0 amide bonds. The summed E-state index contributed by atoms with van der Waals surface area (Å²) in [6, 6.07) is 0.153. The van der Waals surface area contributed by atoms with Crippen molar-refractivity contribution in [3.05, 3.63) is 5.82 Å². The van der Waals surface area contributed by atoms with Crippen molar-refractivity contribution in [2.45, 2.75) is 64.0 Å². The zero-order valence-electron chi connectivity index (χ0n) is 10.4. The van der Waals surface area contributed by atoms with E-state index in [2.05, 4.69) is 21.6 Å². The van der Waals surface area contributed by atoms with Crippen LogP contribution in [0.15, 0.2) is 0 Å². The molecule has 2 atom stereocenters. The Balaban J connectivity index is 1.93. The Hall–Kier alpha value is -0.680. The van der Waals surface area contributed by atoms with E-state index >= 15 is 0 Å². The van der Waals surface area contributed by atoms with E-state index in [9.17, 15) is 5.11 Å². The van der Waals surface area contributed by atoms with Crippen LogP contribution in [0.2, 0.25) is 0 Å². The molecule has 1 aromatic heterocycles. The van der Waals surface area contributed by atoms with Gasteiger partial charge in [0, 0.05) is 18.0 Å². The molecule has 1 aliphatic rings. The average molecular weight is 255 g/mol. The summed E-state index contributed by atoms with van der Waals surface area (Å²) in [6.07, 6.45) is 7.25. The quantitative estimate of drug-likeness (QED) is 0.812. The Labute approximate surface area is 107 Å². The van der Waals surface area contributed by atoms with Gasteiger partial charge in [-0.1, -0.05) is 26.2 Å². The van der Waals surface area contributed by atoms with Crippen molar-refractivity contribution in [1.29, 1.82) is 0 Å². The molecule has 96 valence electrons. The zero-order valence-corrected chi connectivity index (χ0v) is 11.2. The van der Waals surface area contributed by atoms with Crippen molar-refractivity contribution >= 4 is 16.7 Å². The van der Waals surface area contributed by atoms with Crippen LogP contribution in [0.5, 0.6) is 0 Å². The van der Waals surface area contributed by atoms with Gasteiger partial charge in [-0.25, -0.2) is 4.98 Å². The number of nitrogens with one attached hydrogen (secondary N) is 1. The Morgan fingerprint density at radius 1 is 1.35 bits per heavy atom. The number of aliphatic hydroxyl groups excluding tert-OH is 1. The van der Waals surface area contributed by atoms with Crippen LogP contribution in [0, 0.1) is 0 Å². The lowest BCUT2D eigenvalue weighted by Crippen LogP contribution is -2.32. The second-order valence-corrected chi connectivity index (χ2v) is 5.47. The third-order valence-electron chi connectivity index (χ3n) is 3.23. The van der Waals surface area contributed by atoms with Gasteiger partial charge >= 0.3 is 0 Å². The van der Waals surface area contributed by atoms with E-state index in [-0.39, 0.29) is 12.1 Å². The number of hydrogen-bond acceptors (Lipinski definition) is 5. The van der Waals surface area contributed by atoms with Crippen LogP contribution < -0.4 is 5.32 Å².